The summed E-state index contributed by atoms with van der Waals surface area (Å²) >= 11 is 5.06. The molecule has 0 aliphatic rings. The van der Waals surface area contributed by atoms with Crippen molar-refractivity contribution in [2.75, 3.05) is 6.54 Å². The van der Waals surface area contributed by atoms with E-state index in [2.05, 4.69) is 6.58 Å². The van der Waals surface area contributed by atoms with E-state index in [-0.39, 0.29) is 5.03 Å². The van der Waals surface area contributed by atoms with E-state index in [0.717, 1.165) is 0 Å². The van der Waals surface area contributed by atoms with Gasteiger partial charge in [-0.1, -0.05) is 18.2 Å². The van der Waals surface area contributed by atoms with Crippen LogP contribution in [0.5, 0.6) is 0 Å². The lowest BCUT2D eigenvalue weighted by molar-refractivity contribution is -0.117. The normalized spacial score (nSPS) is 9.60. The molecule has 58 valence electrons. The average Bonchev–Trinajstić information content (AvgIpc) is 1.82. The van der Waals surface area contributed by atoms with Gasteiger partial charge in [0.15, 0.2) is 0 Å². The second kappa shape index (κ2) is 4.22. The molecule has 0 saturated carbocycles. The van der Waals surface area contributed by atoms with Crippen LogP contribution < -0.4 is 5.32 Å². The quantitative estimate of drug-likeness (QED) is 0.631. The van der Waals surface area contributed by atoms with Gasteiger partial charge in [0.05, 0.1) is 11.6 Å². The fourth-order valence-electron chi connectivity index (χ4n) is 0.266. The molecule has 0 radical (unpaired) electrons. The number of carbonyl (C=O) groups is 1. The van der Waals surface area contributed by atoms with Gasteiger partial charge in [0, 0.05) is 0 Å². The lowest BCUT2D eigenvalue weighted by atomic mass is 10.5. The third-order valence-electron chi connectivity index (χ3n) is 0.663. The molecule has 0 bridgehead atoms. The molecule has 1 N–H and O–H groups in total. The second-order valence-corrected chi connectivity index (χ2v) is 1.96. The van der Waals surface area contributed by atoms with Gasteiger partial charge in [0.25, 0.3) is 12.3 Å². The number of hydrogen-bond donors (Lipinski definition) is 1. The van der Waals surface area contributed by atoms with E-state index in [4.69, 9.17) is 11.6 Å². The van der Waals surface area contributed by atoms with Crippen molar-refractivity contribution >= 4 is 17.5 Å². The van der Waals surface area contributed by atoms with Crippen LogP contribution in [0.25, 0.3) is 0 Å². The average molecular weight is 170 g/mol. The van der Waals surface area contributed by atoms with Gasteiger partial charge >= 0.3 is 0 Å². The summed E-state index contributed by atoms with van der Waals surface area (Å²) in [4.78, 5) is 10.4. The maximum atomic E-state index is 11.4. The molecule has 0 saturated heterocycles. The summed E-state index contributed by atoms with van der Waals surface area (Å²) in [7, 11) is 0. The third-order valence-corrected chi connectivity index (χ3v) is 0.835. The van der Waals surface area contributed by atoms with Gasteiger partial charge in [-0.3, -0.25) is 4.79 Å². The predicted molar refractivity (Wildman–Crippen MR) is 34.0 cm³/mol. The zero-order valence-electron chi connectivity index (χ0n) is 5.03. The minimum absolute atomic E-state index is 0.291. The van der Waals surface area contributed by atoms with Crippen LogP contribution in [0.1, 0.15) is 0 Å². The highest BCUT2D eigenvalue weighted by Gasteiger charge is 2.06. The molecule has 0 aromatic carbocycles. The van der Waals surface area contributed by atoms with Crippen LogP contribution >= 0.6 is 11.6 Å². The van der Waals surface area contributed by atoms with Crippen LogP contribution in [0.4, 0.5) is 8.78 Å². The first-order valence-corrected chi connectivity index (χ1v) is 2.82. The number of amides is 1. The standard InChI is InChI=1S/C5H6ClF2NO/c1-3(6)5(10)9-2-4(7)8/h4H,1-2H2,(H,9,10). The molecule has 0 rings (SSSR count). The maximum Gasteiger partial charge on any atom is 0.262 e. The van der Waals surface area contributed by atoms with E-state index in [1.165, 1.54) is 0 Å². The Balaban J connectivity index is 3.50. The molecule has 0 aliphatic carbocycles. The number of alkyl halides is 2. The zero-order valence-corrected chi connectivity index (χ0v) is 5.79. The number of carbonyl (C=O) groups excluding carboxylic acids is 1. The highest BCUT2D eigenvalue weighted by atomic mass is 35.5. The molecular formula is C5H6ClF2NO. The summed E-state index contributed by atoms with van der Waals surface area (Å²) in [5.41, 5.74) is 0. The Morgan fingerprint density at radius 3 is 2.50 bits per heavy atom. The van der Waals surface area contributed by atoms with E-state index in [1.807, 2.05) is 5.32 Å². The highest BCUT2D eigenvalue weighted by molar-refractivity contribution is 6.41. The first kappa shape index (κ1) is 9.36. The van der Waals surface area contributed by atoms with Crippen LogP contribution in [0.15, 0.2) is 11.6 Å². The Labute approximate surface area is 61.9 Å². The van der Waals surface area contributed by atoms with Gasteiger partial charge < -0.3 is 5.32 Å². The van der Waals surface area contributed by atoms with Crippen molar-refractivity contribution in [2.24, 2.45) is 0 Å². The van der Waals surface area contributed by atoms with Crippen molar-refractivity contribution in [3.63, 3.8) is 0 Å². The van der Waals surface area contributed by atoms with Crippen LogP contribution in [0.3, 0.4) is 0 Å². The largest absolute Gasteiger partial charge is 0.346 e. The lowest BCUT2D eigenvalue weighted by Gasteiger charge is -2.00. The number of halogens is 3. The fourth-order valence-corrected chi connectivity index (χ4v) is 0.333. The topological polar surface area (TPSA) is 29.1 Å². The minimum Gasteiger partial charge on any atom is -0.346 e. The molecule has 5 heteroatoms. The Morgan fingerprint density at radius 1 is 1.70 bits per heavy atom. The van der Waals surface area contributed by atoms with Crippen LogP contribution in [-0.4, -0.2) is 18.9 Å². The van der Waals surface area contributed by atoms with Gasteiger partial charge in [-0.15, -0.1) is 0 Å². The molecule has 0 aliphatic heterocycles. The van der Waals surface area contributed by atoms with Crippen molar-refractivity contribution in [1.29, 1.82) is 0 Å². The number of nitrogens with one attached hydrogen (secondary N) is 1. The first-order valence-electron chi connectivity index (χ1n) is 2.44. The molecule has 0 unspecified atom stereocenters. The van der Waals surface area contributed by atoms with E-state index in [0.29, 0.717) is 0 Å². The first-order chi connectivity index (χ1) is 4.54. The van der Waals surface area contributed by atoms with Crippen LogP contribution in [0.2, 0.25) is 0 Å². The maximum absolute atomic E-state index is 11.4. The molecule has 0 aromatic heterocycles. The second-order valence-electron chi connectivity index (χ2n) is 1.51. The Morgan fingerprint density at radius 2 is 2.20 bits per heavy atom. The van der Waals surface area contributed by atoms with Crippen LogP contribution in [0, 0.1) is 0 Å². The highest BCUT2D eigenvalue weighted by Crippen LogP contribution is 1.96. The van der Waals surface area contributed by atoms with Crippen molar-refractivity contribution < 1.29 is 13.6 Å². The Bertz CT molecular complexity index is 149. The van der Waals surface area contributed by atoms with Crippen molar-refractivity contribution in [3.05, 3.63) is 11.6 Å². The van der Waals surface area contributed by atoms with Gasteiger partial charge in [0.1, 0.15) is 0 Å². The number of hydrogen-bond acceptors (Lipinski definition) is 1. The molecule has 0 aromatic rings. The zero-order chi connectivity index (χ0) is 8.15. The van der Waals surface area contributed by atoms with Crippen LogP contribution in [-0.2, 0) is 4.79 Å². The smallest absolute Gasteiger partial charge is 0.262 e. The summed E-state index contributed by atoms with van der Waals surface area (Å²) in [6.45, 7) is 2.35. The summed E-state index contributed by atoms with van der Waals surface area (Å²) in [5.74, 6) is -0.762. The molecule has 0 atom stereocenters. The van der Waals surface area contributed by atoms with E-state index in [9.17, 15) is 13.6 Å². The minimum atomic E-state index is -2.56. The van der Waals surface area contributed by atoms with E-state index in [1.54, 1.807) is 0 Å². The summed E-state index contributed by atoms with van der Waals surface area (Å²) in [5, 5.41) is 1.57. The van der Waals surface area contributed by atoms with Crippen molar-refractivity contribution in [3.8, 4) is 0 Å². The van der Waals surface area contributed by atoms with Gasteiger partial charge in [-0.2, -0.15) is 0 Å². The Kier molecular flexibility index (Phi) is 3.95. The van der Waals surface area contributed by atoms with Gasteiger partial charge in [-0.05, 0) is 0 Å². The van der Waals surface area contributed by atoms with Gasteiger partial charge in [-0.25, -0.2) is 8.78 Å². The molecule has 0 spiro atoms. The molecule has 0 heterocycles. The summed E-state index contributed by atoms with van der Waals surface area (Å²) < 4.78 is 22.7. The molecular weight excluding hydrogens is 164 g/mol. The SMILES string of the molecule is C=C(Cl)C(=O)NCC(F)F. The van der Waals surface area contributed by atoms with E-state index < -0.39 is 18.9 Å². The summed E-state index contributed by atoms with van der Waals surface area (Å²) in [6, 6.07) is 0. The number of rotatable bonds is 3. The van der Waals surface area contributed by atoms with E-state index >= 15 is 0 Å². The lowest BCUT2D eigenvalue weighted by Crippen LogP contribution is -2.28. The third kappa shape index (κ3) is 4.26. The Hall–Kier alpha value is -0.640. The molecule has 2 nitrogen and oxygen atoms in total. The monoisotopic (exact) mass is 169 g/mol. The summed E-state index contributed by atoms with van der Waals surface area (Å²) in [6.07, 6.45) is -2.56. The van der Waals surface area contributed by atoms with Gasteiger partial charge in [0.2, 0.25) is 0 Å². The fraction of sp³-hybridized carbons (Fsp3) is 0.400. The van der Waals surface area contributed by atoms with Crippen molar-refractivity contribution in [1.82, 2.24) is 5.32 Å². The molecule has 0 fully saturated rings. The predicted octanol–water partition coefficient (Wildman–Crippen LogP) is 1.12. The molecule has 10 heavy (non-hydrogen) atoms. The molecule has 1 amide bonds. The van der Waals surface area contributed by atoms with Crippen molar-refractivity contribution in [2.45, 2.75) is 6.43 Å².